The Bertz CT molecular complexity index is 426. The molecule has 1 heterocycles. The third-order valence-corrected chi connectivity index (χ3v) is 4.21. The summed E-state index contributed by atoms with van der Waals surface area (Å²) in [5.74, 6) is 0.220. The molecule has 0 saturated heterocycles. The Labute approximate surface area is 101 Å². The van der Waals surface area contributed by atoms with Gasteiger partial charge in [-0.05, 0) is 19.8 Å². The third kappa shape index (κ3) is 5.58. The quantitative estimate of drug-likeness (QED) is 0.834. The Morgan fingerprint density at radius 1 is 1.56 bits per heavy atom. The fourth-order valence-corrected chi connectivity index (χ4v) is 2.99. The fraction of sp³-hybridized carbons (Fsp3) is 0.700. The zero-order chi connectivity index (χ0) is 12.2. The van der Waals surface area contributed by atoms with Gasteiger partial charge < -0.3 is 5.73 Å². The summed E-state index contributed by atoms with van der Waals surface area (Å²) in [4.78, 5) is 4.33. The van der Waals surface area contributed by atoms with Crippen molar-refractivity contribution in [3.63, 3.8) is 0 Å². The van der Waals surface area contributed by atoms with E-state index < -0.39 is 9.84 Å². The first-order valence-corrected chi connectivity index (χ1v) is 8.15. The maximum atomic E-state index is 10.9. The summed E-state index contributed by atoms with van der Waals surface area (Å²) in [5.41, 5.74) is 6.93. The minimum Gasteiger partial charge on any atom is -0.327 e. The molecule has 6 heteroatoms. The summed E-state index contributed by atoms with van der Waals surface area (Å²) in [6.45, 7) is 1.95. The molecular weight excluding hydrogens is 244 g/mol. The van der Waals surface area contributed by atoms with Crippen molar-refractivity contribution in [3.8, 4) is 0 Å². The van der Waals surface area contributed by atoms with Crippen LogP contribution in [-0.4, -0.2) is 31.5 Å². The lowest BCUT2D eigenvalue weighted by atomic mass is 10.1. The van der Waals surface area contributed by atoms with Crippen molar-refractivity contribution >= 4 is 21.2 Å². The standard InChI is InChI=1S/C10H18N2O2S2/c1-8-7-15-10(12-8)6-9(11)4-3-5-16(2,13)14/h7,9H,3-6,11H2,1-2H3. The highest BCUT2D eigenvalue weighted by Gasteiger charge is 2.09. The average Bonchev–Trinajstić information content (AvgIpc) is 2.48. The van der Waals surface area contributed by atoms with Gasteiger partial charge in [0.05, 0.1) is 5.01 Å². The molecule has 92 valence electrons. The van der Waals surface area contributed by atoms with E-state index in [1.54, 1.807) is 11.3 Å². The maximum Gasteiger partial charge on any atom is 0.147 e. The van der Waals surface area contributed by atoms with Crippen molar-refractivity contribution in [2.24, 2.45) is 5.73 Å². The van der Waals surface area contributed by atoms with Crippen molar-refractivity contribution < 1.29 is 8.42 Å². The highest BCUT2D eigenvalue weighted by atomic mass is 32.2. The van der Waals surface area contributed by atoms with Gasteiger partial charge in [-0.3, -0.25) is 0 Å². The Hall–Kier alpha value is -0.460. The molecular formula is C10H18N2O2S2. The zero-order valence-electron chi connectivity index (χ0n) is 9.64. The van der Waals surface area contributed by atoms with Crippen LogP contribution in [0.1, 0.15) is 23.5 Å². The second kappa shape index (κ2) is 5.75. The molecule has 2 N–H and O–H groups in total. The number of rotatable bonds is 6. The van der Waals surface area contributed by atoms with Crippen molar-refractivity contribution in [2.75, 3.05) is 12.0 Å². The summed E-state index contributed by atoms with van der Waals surface area (Å²) >= 11 is 1.61. The first-order valence-electron chi connectivity index (χ1n) is 5.21. The molecule has 0 saturated carbocycles. The van der Waals surface area contributed by atoms with Crippen molar-refractivity contribution in [1.82, 2.24) is 4.98 Å². The summed E-state index contributed by atoms with van der Waals surface area (Å²) in [5, 5.41) is 3.03. The van der Waals surface area contributed by atoms with E-state index in [0.29, 0.717) is 6.42 Å². The van der Waals surface area contributed by atoms with E-state index in [0.717, 1.165) is 23.5 Å². The van der Waals surface area contributed by atoms with Gasteiger partial charge in [-0.25, -0.2) is 13.4 Å². The highest BCUT2D eigenvalue weighted by Crippen LogP contribution is 2.12. The molecule has 0 aliphatic heterocycles. The van der Waals surface area contributed by atoms with Gasteiger partial charge in [0.25, 0.3) is 0 Å². The number of aromatic nitrogens is 1. The van der Waals surface area contributed by atoms with Crippen molar-refractivity contribution in [2.45, 2.75) is 32.2 Å². The van der Waals surface area contributed by atoms with Crippen molar-refractivity contribution in [3.05, 3.63) is 16.1 Å². The molecule has 1 atom stereocenters. The maximum absolute atomic E-state index is 10.9. The van der Waals surface area contributed by atoms with Gasteiger partial charge >= 0.3 is 0 Å². The number of aryl methyl sites for hydroxylation is 1. The molecule has 0 spiro atoms. The van der Waals surface area contributed by atoms with E-state index in [-0.39, 0.29) is 11.8 Å². The van der Waals surface area contributed by atoms with Crippen LogP contribution >= 0.6 is 11.3 Å². The number of hydrogen-bond donors (Lipinski definition) is 1. The lowest BCUT2D eigenvalue weighted by Gasteiger charge is -2.08. The molecule has 0 bridgehead atoms. The molecule has 0 amide bonds. The molecule has 1 aromatic rings. The van der Waals surface area contributed by atoms with E-state index in [9.17, 15) is 8.42 Å². The molecule has 4 nitrogen and oxygen atoms in total. The van der Waals surface area contributed by atoms with Crippen molar-refractivity contribution in [1.29, 1.82) is 0 Å². The van der Waals surface area contributed by atoms with Gasteiger partial charge in [0.15, 0.2) is 0 Å². The van der Waals surface area contributed by atoms with Crippen LogP contribution in [0, 0.1) is 6.92 Å². The largest absolute Gasteiger partial charge is 0.327 e. The molecule has 0 aliphatic carbocycles. The number of sulfone groups is 1. The zero-order valence-corrected chi connectivity index (χ0v) is 11.3. The lowest BCUT2D eigenvalue weighted by molar-refractivity contribution is 0.577. The Morgan fingerprint density at radius 2 is 2.25 bits per heavy atom. The third-order valence-electron chi connectivity index (χ3n) is 2.19. The normalized spacial score (nSPS) is 13.9. The molecule has 0 radical (unpaired) electrons. The minimum absolute atomic E-state index is 0.00676. The number of nitrogens with zero attached hydrogens (tertiary/aromatic N) is 1. The summed E-state index contributed by atoms with van der Waals surface area (Å²) < 4.78 is 21.8. The first-order chi connectivity index (χ1) is 7.37. The van der Waals surface area contributed by atoms with Gasteiger partial charge in [0.1, 0.15) is 9.84 Å². The summed E-state index contributed by atoms with van der Waals surface area (Å²) in [6, 6.07) is 0.00676. The highest BCUT2D eigenvalue weighted by molar-refractivity contribution is 7.90. The monoisotopic (exact) mass is 262 g/mol. The van der Waals surface area contributed by atoms with E-state index >= 15 is 0 Å². The molecule has 0 aromatic carbocycles. The Morgan fingerprint density at radius 3 is 2.75 bits per heavy atom. The van der Waals surface area contributed by atoms with E-state index in [4.69, 9.17) is 5.73 Å². The molecule has 0 aliphatic rings. The SMILES string of the molecule is Cc1csc(CC(N)CCCS(C)(=O)=O)n1. The van der Waals surface area contributed by atoms with Gasteiger partial charge in [0, 0.05) is 35.5 Å². The van der Waals surface area contributed by atoms with Gasteiger partial charge in [-0.1, -0.05) is 0 Å². The number of thiazole rings is 1. The van der Waals surface area contributed by atoms with Crippen LogP contribution in [0.15, 0.2) is 5.38 Å². The van der Waals surface area contributed by atoms with Crippen LogP contribution in [0.3, 0.4) is 0 Å². The first kappa shape index (κ1) is 13.6. The predicted octanol–water partition coefficient (Wildman–Crippen LogP) is 1.15. The fourth-order valence-electron chi connectivity index (χ4n) is 1.43. The predicted molar refractivity (Wildman–Crippen MR) is 67.5 cm³/mol. The number of hydrogen-bond acceptors (Lipinski definition) is 5. The van der Waals surface area contributed by atoms with Gasteiger partial charge in [0.2, 0.25) is 0 Å². The van der Waals surface area contributed by atoms with Crippen LogP contribution in [0.2, 0.25) is 0 Å². The van der Waals surface area contributed by atoms with Crippen LogP contribution in [-0.2, 0) is 16.3 Å². The van der Waals surface area contributed by atoms with Crippen LogP contribution in [0.4, 0.5) is 0 Å². The molecule has 0 fully saturated rings. The summed E-state index contributed by atoms with van der Waals surface area (Å²) in [6.07, 6.45) is 3.35. The Balaban J connectivity index is 2.29. The number of nitrogens with two attached hydrogens (primary N) is 1. The topological polar surface area (TPSA) is 73.1 Å². The second-order valence-corrected chi connectivity index (χ2v) is 7.32. The molecule has 16 heavy (non-hydrogen) atoms. The van der Waals surface area contributed by atoms with Gasteiger partial charge in [-0.15, -0.1) is 11.3 Å². The van der Waals surface area contributed by atoms with Crippen LogP contribution < -0.4 is 5.73 Å². The second-order valence-electron chi connectivity index (χ2n) is 4.12. The molecule has 1 unspecified atom stereocenters. The summed E-state index contributed by atoms with van der Waals surface area (Å²) in [7, 11) is -2.86. The minimum atomic E-state index is -2.86. The average molecular weight is 262 g/mol. The van der Waals surface area contributed by atoms with E-state index in [1.807, 2.05) is 12.3 Å². The van der Waals surface area contributed by atoms with E-state index in [1.165, 1.54) is 6.26 Å². The smallest absolute Gasteiger partial charge is 0.147 e. The molecule has 1 rings (SSSR count). The van der Waals surface area contributed by atoms with E-state index in [2.05, 4.69) is 4.98 Å². The van der Waals surface area contributed by atoms with Crippen LogP contribution in [0.25, 0.3) is 0 Å². The van der Waals surface area contributed by atoms with Gasteiger partial charge in [-0.2, -0.15) is 0 Å². The Kier molecular flexibility index (Phi) is 4.89. The van der Waals surface area contributed by atoms with Crippen LogP contribution in [0.5, 0.6) is 0 Å². The molecule has 1 aromatic heterocycles. The lowest BCUT2D eigenvalue weighted by Crippen LogP contribution is -2.23.